The van der Waals surface area contributed by atoms with Crippen LogP contribution in [0.3, 0.4) is 0 Å². The molecule has 0 aromatic carbocycles. The van der Waals surface area contributed by atoms with Gasteiger partial charge in [-0.25, -0.2) is 0 Å². The average Bonchev–Trinajstić information content (AvgIpc) is 2.85. The van der Waals surface area contributed by atoms with E-state index in [2.05, 4.69) is 34.9 Å². The summed E-state index contributed by atoms with van der Waals surface area (Å²) in [6.07, 6.45) is 1.77. The van der Waals surface area contributed by atoms with E-state index < -0.39 is 0 Å². The molecule has 19 heavy (non-hydrogen) atoms. The van der Waals surface area contributed by atoms with E-state index in [1.54, 1.807) is 6.26 Å². The van der Waals surface area contributed by atoms with Gasteiger partial charge < -0.3 is 15.1 Å². The van der Waals surface area contributed by atoms with Crippen LogP contribution in [0.15, 0.2) is 16.7 Å². The number of furan rings is 1. The number of rotatable bonds is 6. The van der Waals surface area contributed by atoms with Gasteiger partial charge in [-0.15, -0.1) is 0 Å². The van der Waals surface area contributed by atoms with Crippen molar-refractivity contribution in [2.45, 2.75) is 13.1 Å². The highest BCUT2D eigenvalue weighted by Gasteiger charge is 2.17. The third-order valence-corrected chi connectivity index (χ3v) is 3.65. The second kappa shape index (κ2) is 7.05. The molecule has 1 aliphatic rings. The predicted molar refractivity (Wildman–Crippen MR) is 76.9 cm³/mol. The molecular weight excluding hydrogens is 240 g/mol. The monoisotopic (exact) mass is 266 g/mol. The summed E-state index contributed by atoms with van der Waals surface area (Å²) in [5.74, 6) is 1.03. The second-order valence-corrected chi connectivity index (χ2v) is 5.55. The molecule has 0 atom stereocenters. The van der Waals surface area contributed by atoms with Crippen molar-refractivity contribution in [3.05, 3.63) is 23.7 Å². The molecule has 0 amide bonds. The van der Waals surface area contributed by atoms with Crippen molar-refractivity contribution in [1.29, 1.82) is 0 Å². The van der Waals surface area contributed by atoms with Gasteiger partial charge in [-0.1, -0.05) is 0 Å². The average molecular weight is 266 g/mol. The van der Waals surface area contributed by atoms with E-state index in [4.69, 9.17) is 10.2 Å². The van der Waals surface area contributed by atoms with Crippen molar-refractivity contribution in [2.24, 2.45) is 5.73 Å². The highest BCUT2D eigenvalue weighted by molar-refractivity contribution is 5.12. The Morgan fingerprint density at radius 2 is 1.89 bits per heavy atom. The van der Waals surface area contributed by atoms with E-state index in [1.165, 1.54) is 6.54 Å². The molecule has 2 heterocycles. The Balaban J connectivity index is 1.71. The van der Waals surface area contributed by atoms with E-state index in [-0.39, 0.29) is 0 Å². The Morgan fingerprint density at radius 1 is 1.21 bits per heavy atom. The van der Waals surface area contributed by atoms with Crippen LogP contribution >= 0.6 is 0 Å². The van der Waals surface area contributed by atoms with Gasteiger partial charge in [0.1, 0.15) is 5.76 Å². The smallest absolute Gasteiger partial charge is 0.118 e. The van der Waals surface area contributed by atoms with Crippen molar-refractivity contribution in [2.75, 3.05) is 53.4 Å². The molecule has 108 valence electrons. The highest BCUT2D eigenvalue weighted by Crippen LogP contribution is 2.12. The summed E-state index contributed by atoms with van der Waals surface area (Å²) in [7, 11) is 4.25. The molecule has 0 radical (unpaired) electrons. The lowest BCUT2D eigenvalue weighted by Gasteiger charge is -2.34. The number of nitrogens with two attached hydrogens (primary N) is 1. The third kappa shape index (κ3) is 4.62. The number of hydrogen-bond donors (Lipinski definition) is 1. The summed E-state index contributed by atoms with van der Waals surface area (Å²) in [5.41, 5.74) is 6.67. The minimum absolute atomic E-state index is 0.557. The summed E-state index contributed by atoms with van der Waals surface area (Å²) in [6.45, 7) is 8.30. The van der Waals surface area contributed by atoms with Gasteiger partial charge in [-0.2, -0.15) is 0 Å². The number of likely N-dealkylation sites (N-methyl/N-ethyl adjacent to an activating group) is 1. The molecule has 2 rings (SSSR count). The first-order valence-electron chi connectivity index (χ1n) is 7.03. The largest absolute Gasteiger partial charge is 0.468 e. The Bertz CT molecular complexity index is 369. The molecule has 0 aliphatic carbocycles. The van der Waals surface area contributed by atoms with Crippen molar-refractivity contribution in [1.82, 2.24) is 14.7 Å². The van der Waals surface area contributed by atoms with Crippen molar-refractivity contribution in [3.63, 3.8) is 0 Å². The lowest BCUT2D eigenvalue weighted by molar-refractivity contribution is 0.115. The van der Waals surface area contributed by atoms with Gasteiger partial charge in [-0.05, 0) is 20.2 Å². The zero-order valence-electron chi connectivity index (χ0n) is 12.1. The lowest BCUT2D eigenvalue weighted by atomic mass is 10.2. The van der Waals surface area contributed by atoms with Crippen LogP contribution in [0.1, 0.15) is 11.3 Å². The van der Waals surface area contributed by atoms with Gasteiger partial charge in [0.25, 0.3) is 0 Å². The van der Waals surface area contributed by atoms with E-state index in [0.29, 0.717) is 6.54 Å². The topological polar surface area (TPSA) is 48.9 Å². The van der Waals surface area contributed by atoms with E-state index in [9.17, 15) is 0 Å². The molecule has 1 fully saturated rings. The molecule has 1 saturated heterocycles. The quantitative estimate of drug-likeness (QED) is 0.808. The Hall–Kier alpha value is -0.880. The molecular formula is C14H26N4O. The fourth-order valence-corrected chi connectivity index (χ4v) is 2.35. The highest BCUT2D eigenvalue weighted by atomic mass is 16.3. The van der Waals surface area contributed by atoms with Crippen LogP contribution in [0.4, 0.5) is 0 Å². The van der Waals surface area contributed by atoms with E-state index in [0.717, 1.165) is 50.6 Å². The minimum atomic E-state index is 0.557. The van der Waals surface area contributed by atoms with Crippen molar-refractivity contribution < 1.29 is 4.42 Å². The maximum absolute atomic E-state index is 5.59. The van der Waals surface area contributed by atoms with Crippen molar-refractivity contribution >= 4 is 0 Å². The van der Waals surface area contributed by atoms with Gasteiger partial charge in [-0.3, -0.25) is 9.80 Å². The maximum atomic E-state index is 5.59. The van der Waals surface area contributed by atoms with Gasteiger partial charge in [0, 0.05) is 51.4 Å². The summed E-state index contributed by atoms with van der Waals surface area (Å²) in [5, 5.41) is 0. The van der Waals surface area contributed by atoms with Crippen LogP contribution in [0.5, 0.6) is 0 Å². The summed E-state index contributed by atoms with van der Waals surface area (Å²) in [6, 6.07) is 2.07. The normalized spacial score (nSPS) is 18.3. The number of nitrogens with zero attached hydrogens (tertiary/aromatic N) is 3. The van der Waals surface area contributed by atoms with Gasteiger partial charge >= 0.3 is 0 Å². The number of hydrogen-bond acceptors (Lipinski definition) is 5. The third-order valence-electron chi connectivity index (χ3n) is 3.65. The van der Waals surface area contributed by atoms with E-state index in [1.807, 2.05) is 0 Å². The zero-order valence-corrected chi connectivity index (χ0v) is 12.1. The molecule has 0 bridgehead atoms. The maximum Gasteiger partial charge on any atom is 0.118 e. The fourth-order valence-electron chi connectivity index (χ4n) is 2.35. The molecule has 5 heteroatoms. The summed E-state index contributed by atoms with van der Waals surface area (Å²) >= 11 is 0. The Kier molecular flexibility index (Phi) is 5.39. The Labute approximate surface area is 115 Å². The molecule has 0 unspecified atom stereocenters. The van der Waals surface area contributed by atoms with Gasteiger partial charge in [0.05, 0.1) is 12.8 Å². The van der Waals surface area contributed by atoms with Crippen LogP contribution in [-0.4, -0.2) is 68.1 Å². The second-order valence-electron chi connectivity index (χ2n) is 5.55. The van der Waals surface area contributed by atoms with Crippen molar-refractivity contribution in [3.8, 4) is 0 Å². The molecule has 2 N–H and O–H groups in total. The summed E-state index contributed by atoms with van der Waals surface area (Å²) in [4.78, 5) is 7.22. The van der Waals surface area contributed by atoms with Crippen LogP contribution in [0.25, 0.3) is 0 Å². The molecule has 0 saturated carbocycles. The van der Waals surface area contributed by atoms with Gasteiger partial charge in [0.2, 0.25) is 0 Å². The predicted octanol–water partition coefficient (Wildman–Crippen LogP) is 0.418. The van der Waals surface area contributed by atoms with Crippen LogP contribution in [0, 0.1) is 0 Å². The van der Waals surface area contributed by atoms with E-state index >= 15 is 0 Å². The summed E-state index contributed by atoms with van der Waals surface area (Å²) < 4.78 is 5.52. The SMILES string of the molecule is CN(C)CCN1CCN(Cc2cc(CN)co2)CC1. The molecule has 1 aromatic rings. The fraction of sp³-hybridized carbons (Fsp3) is 0.714. The lowest BCUT2D eigenvalue weighted by Crippen LogP contribution is -2.47. The first-order chi connectivity index (χ1) is 9.17. The molecule has 1 aliphatic heterocycles. The first-order valence-corrected chi connectivity index (χ1v) is 7.03. The van der Waals surface area contributed by atoms with Gasteiger partial charge in [0.15, 0.2) is 0 Å². The molecule has 1 aromatic heterocycles. The molecule has 5 nitrogen and oxygen atoms in total. The molecule has 0 spiro atoms. The minimum Gasteiger partial charge on any atom is -0.468 e. The van der Waals surface area contributed by atoms with Crippen LogP contribution in [-0.2, 0) is 13.1 Å². The standard InChI is InChI=1S/C14H26N4O/c1-16(2)3-4-17-5-7-18(8-6-17)11-14-9-13(10-15)12-19-14/h9,12H,3-8,10-11,15H2,1-2H3. The van der Waals surface area contributed by atoms with Crippen LogP contribution < -0.4 is 5.73 Å². The Morgan fingerprint density at radius 3 is 2.47 bits per heavy atom. The zero-order chi connectivity index (χ0) is 13.7. The first kappa shape index (κ1) is 14.5. The van der Waals surface area contributed by atoms with Crippen LogP contribution in [0.2, 0.25) is 0 Å². The number of piperazine rings is 1.